The highest BCUT2D eigenvalue weighted by atomic mass is 35.5. The van der Waals surface area contributed by atoms with Crippen LogP contribution in [0.1, 0.15) is 0 Å². The number of fused-ring (bicyclic) bond motifs is 1. The van der Waals surface area contributed by atoms with Crippen LogP contribution in [0.2, 0.25) is 20.1 Å². The van der Waals surface area contributed by atoms with Crippen molar-refractivity contribution in [2.75, 3.05) is 9.80 Å². The largest absolute Gasteiger partial charge is 0.334 e. The summed E-state index contributed by atoms with van der Waals surface area (Å²) in [6.07, 6.45) is 9.57. The van der Waals surface area contributed by atoms with Gasteiger partial charge in [0.1, 0.15) is 0 Å². The van der Waals surface area contributed by atoms with E-state index >= 15 is 0 Å². The normalized spacial score (nSPS) is 18.6. The van der Waals surface area contributed by atoms with Gasteiger partial charge in [0.05, 0.1) is 37.5 Å². The number of carbonyl (C=O) groups is 1. The van der Waals surface area contributed by atoms with Crippen molar-refractivity contribution in [3.8, 4) is 0 Å². The Morgan fingerprint density at radius 1 is 0.741 bits per heavy atom. The number of hydrogen-bond donors (Lipinski definition) is 0. The number of urea groups is 1. The van der Waals surface area contributed by atoms with Gasteiger partial charge in [0.15, 0.2) is 0 Å². The molecule has 4 rings (SSSR count). The molecule has 27 heavy (non-hydrogen) atoms. The fourth-order valence-corrected chi connectivity index (χ4v) is 3.72. The summed E-state index contributed by atoms with van der Waals surface area (Å²) in [4.78, 5) is 16.7. The summed E-state index contributed by atoms with van der Waals surface area (Å²) in [7, 11) is 0. The topological polar surface area (TPSA) is 23.6 Å². The lowest BCUT2D eigenvalue weighted by atomic mass is 10.1. The van der Waals surface area contributed by atoms with Gasteiger partial charge in [-0.25, -0.2) is 4.79 Å². The fraction of sp³-hybridized carbons (Fsp3) is 0.0500. The van der Waals surface area contributed by atoms with E-state index in [-0.39, 0.29) is 12.1 Å². The Kier molecular flexibility index (Phi) is 4.95. The molecule has 1 unspecified atom stereocenters. The van der Waals surface area contributed by atoms with Gasteiger partial charge in [-0.2, -0.15) is 0 Å². The first-order chi connectivity index (χ1) is 13.0. The average molecular weight is 438 g/mol. The van der Waals surface area contributed by atoms with E-state index in [1.165, 1.54) is 0 Å². The van der Waals surface area contributed by atoms with Gasteiger partial charge < -0.3 is 0 Å². The monoisotopic (exact) mass is 436 g/mol. The van der Waals surface area contributed by atoms with Crippen LogP contribution in [0.5, 0.6) is 0 Å². The Morgan fingerprint density at radius 2 is 1.37 bits per heavy atom. The van der Waals surface area contributed by atoms with Crippen molar-refractivity contribution in [3.05, 3.63) is 92.6 Å². The second-order valence-electron chi connectivity index (χ2n) is 5.99. The molecule has 1 atom stereocenters. The van der Waals surface area contributed by atoms with Crippen molar-refractivity contribution in [1.82, 2.24) is 0 Å². The molecule has 0 N–H and O–H groups in total. The van der Waals surface area contributed by atoms with Crippen molar-refractivity contribution < 1.29 is 4.79 Å². The molecular weight excluding hydrogens is 426 g/mol. The molecule has 1 aliphatic heterocycles. The highest BCUT2D eigenvalue weighted by Gasteiger charge is 2.42. The van der Waals surface area contributed by atoms with Crippen LogP contribution in [0.25, 0.3) is 0 Å². The summed E-state index contributed by atoms with van der Waals surface area (Å²) >= 11 is 24.4. The van der Waals surface area contributed by atoms with Gasteiger partial charge in [-0.15, -0.1) is 0 Å². The predicted molar refractivity (Wildman–Crippen MR) is 113 cm³/mol. The summed E-state index contributed by atoms with van der Waals surface area (Å²) in [6, 6.07) is 9.74. The van der Waals surface area contributed by atoms with Gasteiger partial charge in [0, 0.05) is 5.69 Å². The van der Waals surface area contributed by atoms with Crippen LogP contribution in [0.15, 0.2) is 72.5 Å². The second-order valence-corrected chi connectivity index (χ2v) is 7.62. The molecule has 0 aromatic heterocycles. The SMILES string of the molecule is O=C1N(c2ccc(Cl)c(Cl)c2)C2=CC=CC=CC2N1c1ccc(Cl)c(Cl)c1. The molecule has 2 aromatic rings. The quantitative estimate of drug-likeness (QED) is 0.490. The first kappa shape index (κ1) is 18.5. The molecule has 2 aliphatic rings. The Labute approximate surface area is 176 Å². The first-order valence-corrected chi connectivity index (χ1v) is 9.57. The fourth-order valence-electron chi connectivity index (χ4n) is 3.14. The van der Waals surface area contributed by atoms with Gasteiger partial charge in [0.2, 0.25) is 0 Å². The maximum absolute atomic E-state index is 13.4. The Hall–Kier alpha value is -1.91. The lowest BCUT2D eigenvalue weighted by Crippen LogP contribution is -2.34. The number of carbonyl (C=O) groups excluding carboxylic acids is 1. The van der Waals surface area contributed by atoms with E-state index < -0.39 is 0 Å². The van der Waals surface area contributed by atoms with Crippen molar-refractivity contribution in [3.63, 3.8) is 0 Å². The molecule has 3 nitrogen and oxygen atoms in total. The molecule has 0 saturated carbocycles. The third kappa shape index (κ3) is 3.26. The molecule has 2 aromatic carbocycles. The number of rotatable bonds is 2. The minimum atomic E-state index is -0.292. The van der Waals surface area contributed by atoms with E-state index in [0.29, 0.717) is 31.5 Å². The summed E-state index contributed by atoms with van der Waals surface area (Å²) in [5, 5.41) is 1.63. The van der Waals surface area contributed by atoms with Crippen molar-refractivity contribution in [2.24, 2.45) is 0 Å². The third-order valence-corrected chi connectivity index (χ3v) is 5.84. The zero-order chi connectivity index (χ0) is 19.1. The van der Waals surface area contributed by atoms with Crippen LogP contribution in [-0.2, 0) is 0 Å². The molecule has 1 fully saturated rings. The highest BCUT2D eigenvalue weighted by Crippen LogP contribution is 2.40. The molecule has 1 aliphatic carbocycles. The van der Waals surface area contributed by atoms with E-state index in [4.69, 9.17) is 46.4 Å². The first-order valence-electron chi connectivity index (χ1n) is 8.06. The van der Waals surface area contributed by atoms with Crippen LogP contribution in [0.4, 0.5) is 16.2 Å². The maximum Gasteiger partial charge on any atom is 0.334 e. The number of benzene rings is 2. The number of anilines is 2. The van der Waals surface area contributed by atoms with Crippen molar-refractivity contribution >= 4 is 63.8 Å². The Bertz CT molecular complexity index is 1030. The second kappa shape index (κ2) is 7.25. The molecule has 0 bridgehead atoms. The zero-order valence-corrected chi connectivity index (χ0v) is 16.8. The molecule has 2 amide bonds. The highest BCUT2D eigenvalue weighted by molar-refractivity contribution is 6.42. The van der Waals surface area contributed by atoms with Gasteiger partial charge in [-0.3, -0.25) is 9.80 Å². The minimum absolute atomic E-state index is 0.219. The summed E-state index contributed by atoms with van der Waals surface area (Å²) < 4.78 is 0. The van der Waals surface area contributed by atoms with E-state index in [1.54, 1.807) is 46.2 Å². The summed E-state index contributed by atoms with van der Waals surface area (Å²) in [5.74, 6) is 0. The lowest BCUT2D eigenvalue weighted by molar-refractivity contribution is 0.256. The maximum atomic E-state index is 13.4. The number of nitrogens with zero attached hydrogens (tertiary/aromatic N) is 2. The molecule has 0 radical (unpaired) electrons. The van der Waals surface area contributed by atoms with Crippen molar-refractivity contribution in [2.45, 2.75) is 6.04 Å². The molecule has 136 valence electrons. The van der Waals surface area contributed by atoms with Crippen LogP contribution in [0, 0.1) is 0 Å². The van der Waals surface area contributed by atoms with E-state index in [9.17, 15) is 4.79 Å². The van der Waals surface area contributed by atoms with E-state index in [1.807, 2.05) is 30.4 Å². The van der Waals surface area contributed by atoms with E-state index in [0.717, 1.165) is 5.70 Å². The molecule has 1 heterocycles. The zero-order valence-electron chi connectivity index (χ0n) is 13.7. The van der Waals surface area contributed by atoms with Crippen molar-refractivity contribution in [1.29, 1.82) is 0 Å². The average Bonchev–Trinajstić information content (AvgIpc) is 2.78. The van der Waals surface area contributed by atoms with Crippen LogP contribution < -0.4 is 9.80 Å². The number of allylic oxidation sites excluding steroid dienone is 4. The lowest BCUT2D eigenvalue weighted by Gasteiger charge is -2.21. The van der Waals surface area contributed by atoms with Crippen LogP contribution >= 0.6 is 46.4 Å². The minimum Gasteiger partial charge on any atom is -0.281 e. The molecule has 0 spiro atoms. The van der Waals surface area contributed by atoms with Crippen LogP contribution in [0.3, 0.4) is 0 Å². The molecule has 7 heteroatoms. The third-order valence-electron chi connectivity index (χ3n) is 4.36. The number of hydrogen-bond acceptors (Lipinski definition) is 1. The number of amides is 2. The summed E-state index contributed by atoms with van der Waals surface area (Å²) in [6.45, 7) is 0. The van der Waals surface area contributed by atoms with Gasteiger partial charge >= 0.3 is 6.03 Å². The standard InChI is InChI=1S/C20H12Cl4N2O/c21-14-8-6-12(10-16(14)23)25-18-4-2-1-3-5-19(18)26(20(25)27)13-7-9-15(22)17(24)11-13/h1-11,18H. The summed E-state index contributed by atoms with van der Waals surface area (Å²) in [5.41, 5.74) is 2.09. The molecule has 1 saturated heterocycles. The predicted octanol–water partition coefficient (Wildman–Crippen LogP) is 7.13. The Balaban J connectivity index is 1.85. The van der Waals surface area contributed by atoms with E-state index in [2.05, 4.69) is 0 Å². The smallest absolute Gasteiger partial charge is 0.281 e. The van der Waals surface area contributed by atoms with Gasteiger partial charge in [0.25, 0.3) is 0 Å². The Morgan fingerprint density at radius 3 is 2.04 bits per heavy atom. The number of halogens is 4. The van der Waals surface area contributed by atoms with Crippen LogP contribution in [-0.4, -0.2) is 12.1 Å². The van der Waals surface area contributed by atoms with Gasteiger partial charge in [-0.05, 0) is 42.5 Å². The van der Waals surface area contributed by atoms with Gasteiger partial charge in [-0.1, -0.05) is 70.7 Å². The molecular formula is C20H12Cl4N2O.